The molecule has 20 heavy (non-hydrogen) atoms. The minimum atomic E-state index is -0.348. The fourth-order valence-electron chi connectivity index (χ4n) is 2.06. The molecule has 106 valence electrons. The van der Waals surface area contributed by atoms with Crippen LogP contribution in [0, 0.1) is 0 Å². The lowest BCUT2D eigenvalue weighted by Gasteiger charge is -2.24. The molecule has 2 rings (SSSR count). The molecule has 2 aromatic rings. The van der Waals surface area contributed by atoms with Crippen molar-refractivity contribution < 1.29 is 9.53 Å². The summed E-state index contributed by atoms with van der Waals surface area (Å²) in [6.07, 6.45) is 5.47. The third-order valence-corrected chi connectivity index (χ3v) is 3.41. The van der Waals surface area contributed by atoms with E-state index in [4.69, 9.17) is 0 Å². The smallest absolute Gasteiger partial charge is 0.354 e. The second-order valence-electron chi connectivity index (χ2n) is 4.79. The lowest BCUT2D eigenvalue weighted by molar-refractivity contribution is 0.0595. The number of aromatic amines is 1. The lowest BCUT2D eigenvalue weighted by atomic mass is 10.1. The number of rotatable bonds is 5. The SMILES string of the molecule is COC(=O)c1cc(CN(C)[C@@H](C)c2cccnc2)c[nH]1. The molecule has 0 radical (unpaired) electrons. The van der Waals surface area contributed by atoms with E-state index in [0.717, 1.165) is 12.1 Å². The Hall–Kier alpha value is -2.14. The number of H-pyrrole nitrogens is 1. The van der Waals surface area contributed by atoms with Crippen molar-refractivity contribution in [3.8, 4) is 0 Å². The second kappa shape index (κ2) is 6.34. The van der Waals surface area contributed by atoms with Crippen molar-refractivity contribution in [1.29, 1.82) is 0 Å². The van der Waals surface area contributed by atoms with E-state index in [-0.39, 0.29) is 12.0 Å². The third-order valence-electron chi connectivity index (χ3n) is 3.41. The highest BCUT2D eigenvalue weighted by molar-refractivity contribution is 5.87. The number of nitrogens with one attached hydrogen (secondary N) is 1. The summed E-state index contributed by atoms with van der Waals surface area (Å²) in [6, 6.07) is 6.06. The Kier molecular flexibility index (Phi) is 4.53. The second-order valence-corrected chi connectivity index (χ2v) is 4.79. The van der Waals surface area contributed by atoms with Crippen molar-refractivity contribution in [2.24, 2.45) is 0 Å². The van der Waals surface area contributed by atoms with E-state index < -0.39 is 0 Å². The molecule has 1 atom stereocenters. The van der Waals surface area contributed by atoms with Gasteiger partial charge in [-0.1, -0.05) is 6.07 Å². The predicted octanol–water partition coefficient (Wildman–Crippen LogP) is 2.39. The summed E-state index contributed by atoms with van der Waals surface area (Å²) < 4.78 is 4.68. The summed E-state index contributed by atoms with van der Waals surface area (Å²) >= 11 is 0. The topological polar surface area (TPSA) is 58.2 Å². The van der Waals surface area contributed by atoms with Gasteiger partial charge in [-0.2, -0.15) is 0 Å². The minimum Gasteiger partial charge on any atom is -0.464 e. The molecule has 0 aromatic carbocycles. The zero-order chi connectivity index (χ0) is 14.5. The number of methoxy groups -OCH3 is 1. The molecule has 5 nitrogen and oxygen atoms in total. The largest absolute Gasteiger partial charge is 0.464 e. The molecule has 0 unspecified atom stereocenters. The summed E-state index contributed by atoms with van der Waals surface area (Å²) in [5.41, 5.74) is 2.69. The molecule has 0 aliphatic rings. The highest BCUT2D eigenvalue weighted by atomic mass is 16.5. The predicted molar refractivity (Wildman–Crippen MR) is 76.3 cm³/mol. The number of pyridine rings is 1. The maximum atomic E-state index is 11.4. The van der Waals surface area contributed by atoms with Crippen LogP contribution in [-0.2, 0) is 11.3 Å². The molecular weight excluding hydrogens is 254 g/mol. The summed E-state index contributed by atoms with van der Waals surface area (Å²) in [5.74, 6) is -0.348. The van der Waals surface area contributed by atoms with Crippen molar-refractivity contribution in [2.45, 2.75) is 19.5 Å². The zero-order valence-electron chi connectivity index (χ0n) is 12.0. The third kappa shape index (κ3) is 3.24. The number of ether oxygens (including phenoxy) is 1. The molecule has 0 aliphatic heterocycles. The molecule has 0 saturated heterocycles. The van der Waals surface area contributed by atoms with Gasteiger partial charge in [0.05, 0.1) is 7.11 Å². The van der Waals surface area contributed by atoms with E-state index in [2.05, 4.69) is 32.6 Å². The van der Waals surface area contributed by atoms with E-state index in [9.17, 15) is 4.79 Å². The van der Waals surface area contributed by atoms with Crippen LogP contribution in [0.2, 0.25) is 0 Å². The molecule has 0 spiro atoms. The van der Waals surface area contributed by atoms with E-state index in [1.807, 2.05) is 31.6 Å². The molecule has 0 bridgehead atoms. The van der Waals surface area contributed by atoms with Gasteiger partial charge in [0.2, 0.25) is 0 Å². The highest BCUT2D eigenvalue weighted by Gasteiger charge is 2.14. The molecular formula is C15H19N3O2. The van der Waals surface area contributed by atoms with Gasteiger partial charge in [0.15, 0.2) is 0 Å². The van der Waals surface area contributed by atoms with E-state index >= 15 is 0 Å². The average molecular weight is 273 g/mol. The first kappa shape index (κ1) is 14.3. The minimum absolute atomic E-state index is 0.250. The number of carbonyl (C=O) groups is 1. The van der Waals surface area contributed by atoms with Crippen LogP contribution in [0.5, 0.6) is 0 Å². The molecule has 1 N–H and O–H groups in total. The van der Waals surface area contributed by atoms with Crippen LogP contribution in [0.15, 0.2) is 36.8 Å². The van der Waals surface area contributed by atoms with Gasteiger partial charge < -0.3 is 9.72 Å². The van der Waals surface area contributed by atoms with Gasteiger partial charge in [0.1, 0.15) is 5.69 Å². The van der Waals surface area contributed by atoms with Crippen LogP contribution in [0.1, 0.15) is 34.6 Å². The van der Waals surface area contributed by atoms with Crippen molar-refractivity contribution in [3.63, 3.8) is 0 Å². The number of aromatic nitrogens is 2. The van der Waals surface area contributed by atoms with Gasteiger partial charge in [0.25, 0.3) is 0 Å². The Morgan fingerprint density at radius 2 is 2.35 bits per heavy atom. The van der Waals surface area contributed by atoms with Crippen LogP contribution >= 0.6 is 0 Å². The fraction of sp³-hybridized carbons (Fsp3) is 0.333. The first-order valence-electron chi connectivity index (χ1n) is 6.47. The summed E-state index contributed by atoms with van der Waals surface area (Å²) in [6.45, 7) is 2.87. The highest BCUT2D eigenvalue weighted by Crippen LogP contribution is 2.20. The van der Waals surface area contributed by atoms with E-state index in [1.165, 1.54) is 12.7 Å². The van der Waals surface area contributed by atoms with Crippen LogP contribution in [-0.4, -0.2) is 35.0 Å². The average Bonchev–Trinajstić information content (AvgIpc) is 2.95. The van der Waals surface area contributed by atoms with Crippen molar-refractivity contribution >= 4 is 5.97 Å². The Labute approximate surface area is 118 Å². The molecule has 0 aliphatic carbocycles. The Bertz CT molecular complexity index is 566. The van der Waals surface area contributed by atoms with Crippen molar-refractivity contribution in [2.75, 3.05) is 14.2 Å². The summed E-state index contributed by atoms with van der Waals surface area (Å²) in [4.78, 5) is 20.7. The first-order valence-corrected chi connectivity index (χ1v) is 6.47. The molecule has 5 heteroatoms. The fourth-order valence-corrected chi connectivity index (χ4v) is 2.06. The van der Waals surface area contributed by atoms with Gasteiger partial charge in [-0.05, 0) is 37.2 Å². The maximum absolute atomic E-state index is 11.4. The Morgan fingerprint density at radius 1 is 1.55 bits per heavy atom. The lowest BCUT2D eigenvalue weighted by Crippen LogP contribution is -2.21. The molecule has 2 heterocycles. The Morgan fingerprint density at radius 3 is 3.00 bits per heavy atom. The standard InChI is InChI=1S/C15H19N3O2/c1-11(13-5-4-6-16-9-13)18(2)10-12-7-14(17-8-12)15(19)20-3/h4-9,11,17H,10H2,1-3H3/t11-/m0/s1. The molecule has 0 fully saturated rings. The number of carbonyl (C=O) groups excluding carboxylic acids is 1. The Balaban J connectivity index is 2.02. The van der Waals surface area contributed by atoms with Crippen LogP contribution < -0.4 is 0 Å². The monoisotopic (exact) mass is 273 g/mol. The number of esters is 1. The number of nitrogens with zero attached hydrogens (tertiary/aromatic N) is 2. The van der Waals surface area contributed by atoms with E-state index in [1.54, 1.807) is 6.20 Å². The van der Waals surface area contributed by atoms with Gasteiger partial charge in [-0.15, -0.1) is 0 Å². The van der Waals surface area contributed by atoms with Crippen LogP contribution in [0.25, 0.3) is 0 Å². The van der Waals surface area contributed by atoms with Crippen molar-refractivity contribution in [3.05, 3.63) is 53.6 Å². The van der Waals surface area contributed by atoms with Gasteiger partial charge in [-0.3, -0.25) is 9.88 Å². The molecule has 2 aromatic heterocycles. The van der Waals surface area contributed by atoms with Gasteiger partial charge in [-0.25, -0.2) is 4.79 Å². The zero-order valence-corrected chi connectivity index (χ0v) is 12.0. The quantitative estimate of drug-likeness (QED) is 0.850. The first-order chi connectivity index (χ1) is 9.61. The van der Waals surface area contributed by atoms with Crippen LogP contribution in [0.4, 0.5) is 0 Å². The molecule has 0 amide bonds. The van der Waals surface area contributed by atoms with Gasteiger partial charge >= 0.3 is 5.97 Å². The molecule has 0 saturated carbocycles. The van der Waals surface area contributed by atoms with Crippen molar-refractivity contribution in [1.82, 2.24) is 14.9 Å². The summed E-state index contributed by atoms with van der Waals surface area (Å²) in [7, 11) is 3.42. The maximum Gasteiger partial charge on any atom is 0.354 e. The van der Waals surface area contributed by atoms with Gasteiger partial charge in [0, 0.05) is 31.2 Å². The normalized spacial score (nSPS) is 12.4. The number of hydrogen-bond acceptors (Lipinski definition) is 4. The van der Waals surface area contributed by atoms with Crippen LogP contribution in [0.3, 0.4) is 0 Å². The van der Waals surface area contributed by atoms with E-state index in [0.29, 0.717) is 5.69 Å². The number of hydrogen-bond donors (Lipinski definition) is 1. The summed E-state index contributed by atoms with van der Waals surface area (Å²) in [5, 5.41) is 0.